The standard InChI is InChI=1S/C27H24FN5O3S/c1-3-25(19-12-13-32(17-19)37(35,36)22-10-4-18(2)5-11-22)31-27(34)24-14-29-16-26-23(24)15-30-33(26)21-8-6-20(28)7-9-21/h4-17,25H,3H2,1-2H3,(H,31,34)/t25-/m1/s1. The van der Waals surface area contributed by atoms with Crippen molar-refractivity contribution in [3.8, 4) is 5.69 Å². The number of fused-ring (bicyclic) bond motifs is 1. The van der Waals surface area contributed by atoms with Gasteiger partial charge in [0.2, 0.25) is 0 Å². The second-order valence-electron chi connectivity index (χ2n) is 8.68. The number of aromatic nitrogens is 4. The topological polar surface area (TPSA) is 98.9 Å². The largest absolute Gasteiger partial charge is 0.345 e. The highest BCUT2D eigenvalue weighted by Gasteiger charge is 2.22. The van der Waals surface area contributed by atoms with Crippen LogP contribution in [0.15, 0.2) is 90.5 Å². The first kappa shape index (κ1) is 24.4. The number of benzene rings is 2. The molecule has 0 aliphatic heterocycles. The molecule has 10 heteroatoms. The molecular weight excluding hydrogens is 493 g/mol. The first-order valence-electron chi connectivity index (χ1n) is 11.7. The summed E-state index contributed by atoms with van der Waals surface area (Å²) in [6.07, 6.45) is 8.17. The predicted octanol–water partition coefficient (Wildman–Crippen LogP) is 4.79. The molecule has 0 aliphatic carbocycles. The quantitative estimate of drug-likeness (QED) is 0.335. The minimum atomic E-state index is -3.75. The molecule has 0 aliphatic rings. The van der Waals surface area contributed by atoms with Crippen LogP contribution in [0.4, 0.5) is 4.39 Å². The molecule has 1 atom stereocenters. The minimum absolute atomic E-state index is 0.188. The van der Waals surface area contributed by atoms with E-state index in [4.69, 9.17) is 0 Å². The van der Waals surface area contributed by atoms with Crippen LogP contribution in [0.2, 0.25) is 0 Å². The Bertz CT molecular complexity index is 1690. The fourth-order valence-corrected chi connectivity index (χ4v) is 5.35. The number of pyridine rings is 1. The summed E-state index contributed by atoms with van der Waals surface area (Å²) in [6.45, 7) is 3.80. The lowest BCUT2D eigenvalue weighted by molar-refractivity contribution is 0.0937. The van der Waals surface area contributed by atoms with E-state index in [9.17, 15) is 17.6 Å². The Hall–Kier alpha value is -4.31. The number of carbonyl (C=O) groups excluding carboxylic acids is 1. The van der Waals surface area contributed by atoms with Gasteiger partial charge in [-0.1, -0.05) is 24.6 Å². The lowest BCUT2D eigenvalue weighted by atomic mass is 10.1. The number of hydrogen-bond donors (Lipinski definition) is 1. The number of amides is 1. The lowest BCUT2D eigenvalue weighted by Gasteiger charge is -2.16. The zero-order chi connectivity index (χ0) is 26.2. The predicted molar refractivity (Wildman–Crippen MR) is 138 cm³/mol. The highest BCUT2D eigenvalue weighted by Crippen LogP contribution is 2.24. The van der Waals surface area contributed by atoms with Crippen LogP contribution < -0.4 is 5.32 Å². The maximum atomic E-state index is 13.3. The van der Waals surface area contributed by atoms with Crippen molar-refractivity contribution in [2.45, 2.75) is 31.2 Å². The smallest absolute Gasteiger partial charge is 0.267 e. The van der Waals surface area contributed by atoms with Gasteiger partial charge in [0.05, 0.1) is 40.1 Å². The molecule has 0 unspecified atom stereocenters. The highest BCUT2D eigenvalue weighted by atomic mass is 32.2. The minimum Gasteiger partial charge on any atom is -0.345 e. The summed E-state index contributed by atoms with van der Waals surface area (Å²) in [6, 6.07) is 13.8. The molecule has 0 saturated carbocycles. The average molecular weight is 518 g/mol. The molecule has 0 saturated heterocycles. The number of nitrogens with zero attached hydrogens (tertiary/aromatic N) is 4. The summed E-state index contributed by atoms with van der Waals surface area (Å²) in [7, 11) is -3.75. The summed E-state index contributed by atoms with van der Waals surface area (Å²) >= 11 is 0. The Kier molecular flexibility index (Phi) is 6.34. The second kappa shape index (κ2) is 9.62. The van der Waals surface area contributed by atoms with Crippen molar-refractivity contribution in [2.75, 3.05) is 0 Å². The number of halogens is 1. The van der Waals surface area contributed by atoms with Crippen molar-refractivity contribution in [1.82, 2.24) is 24.1 Å². The molecule has 2 aromatic carbocycles. The molecule has 0 bridgehead atoms. The van der Waals surface area contributed by atoms with Gasteiger partial charge in [-0.3, -0.25) is 9.78 Å². The molecule has 3 aromatic heterocycles. The van der Waals surface area contributed by atoms with E-state index >= 15 is 0 Å². The van der Waals surface area contributed by atoms with Gasteiger partial charge in [0.25, 0.3) is 15.9 Å². The van der Waals surface area contributed by atoms with Crippen molar-refractivity contribution in [2.24, 2.45) is 0 Å². The van der Waals surface area contributed by atoms with Crippen LogP contribution in [0.1, 0.15) is 40.9 Å². The van der Waals surface area contributed by atoms with Crippen LogP contribution in [0.25, 0.3) is 16.6 Å². The first-order chi connectivity index (χ1) is 17.8. The summed E-state index contributed by atoms with van der Waals surface area (Å²) in [5.41, 5.74) is 3.19. The van der Waals surface area contributed by atoms with Gasteiger partial charge in [0, 0.05) is 24.0 Å². The number of hydrogen-bond acceptors (Lipinski definition) is 5. The van der Waals surface area contributed by atoms with E-state index in [1.54, 1.807) is 59.5 Å². The summed E-state index contributed by atoms with van der Waals surface area (Å²) in [4.78, 5) is 17.7. The van der Waals surface area contributed by atoms with Crippen molar-refractivity contribution < 1.29 is 17.6 Å². The SMILES string of the molecule is CC[C@@H](NC(=O)c1cncc2c1cnn2-c1ccc(F)cc1)c1ccn(S(=O)(=O)c2ccc(C)cc2)c1. The number of aryl methyl sites for hydroxylation is 1. The van der Waals surface area contributed by atoms with Gasteiger partial charge in [-0.15, -0.1) is 0 Å². The number of nitrogens with one attached hydrogen (secondary N) is 1. The summed E-state index contributed by atoms with van der Waals surface area (Å²) in [5.74, 6) is -0.720. The summed E-state index contributed by atoms with van der Waals surface area (Å²) < 4.78 is 42.2. The second-order valence-corrected chi connectivity index (χ2v) is 10.5. The molecule has 0 spiro atoms. The van der Waals surface area contributed by atoms with E-state index in [1.807, 2.05) is 13.8 Å². The van der Waals surface area contributed by atoms with Gasteiger partial charge in [-0.2, -0.15) is 5.10 Å². The van der Waals surface area contributed by atoms with E-state index in [2.05, 4.69) is 15.4 Å². The van der Waals surface area contributed by atoms with Gasteiger partial charge in [0.15, 0.2) is 0 Å². The number of carbonyl (C=O) groups is 1. The zero-order valence-electron chi connectivity index (χ0n) is 20.2. The highest BCUT2D eigenvalue weighted by molar-refractivity contribution is 7.90. The van der Waals surface area contributed by atoms with Crippen LogP contribution in [0, 0.1) is 12.7 Å². The van der Waals surface area contributed by atoms with E-state index in [0.717, 1.165) is 9.54 Å². The van der Waals surface area contributed by atoms with Gasteiger partial charge in [-0.05, 0) is 61.4 Å². The molecule has 0 radical (unpaired) electrons. The molecule has 1 N–H and O–H groups in total. The maximum absolute atomic E-state index is 13.3. The molecule has 5 rings (SSSR count). The molecule has 3 heterocycles. The van der Waals surface area contributed by atoms with Crippen molar-refractivity contribution in [3.05, 3.63) is 108 Å². The van der Waals surface area contributed by atoms with Crippen molar-refractivity contribution >= 4 is 26.8 Å². The van der Waals surface area contributed by atoms with Crippen LogP contribution >= 0.6 is 0 Å². The van der Waals surface area contributed by atoms with Crippen molar-refractivity contribution in [3.63, 3.8) is 0 Å². The van der Waals surface area contributed by atoms with Crippen LogP contribution in [-0.2, 0) is 10.0 Å². The van der Waals surface area contributed by atoms with Gasteiger partial charge in [-0.25, -0.2) is 21.5 Å². The molecule has 5 aromatic rings. The fraction of sp³-hybridized carbons (Fsp3) is 0.148. The Morgan fingerprint density at radius 2 is 1.76 bits per heavy atom. The van der Waals surface area contributed by atoms with Gasteiger partial charge in [0.1, 0.15) is 5.82 Å². The molecule has 0 fully saturated rings. The Balaban J connectivity index is 1.41. The average Bonchev–Trinajstić information content (AvgIpc) is 3.56. The van der Waals surface area contributed by atoms with E-state index in [-0.39, 0.29) is 16.6 Å². The van der Waals surface area contributed by atoms with Crippen LogP contribution in [0.5, 0.6) is 0 Å². The molecule has 8 nitrogen and oxygen atoms in total. The van der Waals surface area contributed by atoms with Gasteiger partial charge < -0.3 is 5.32 Å². The first-order valence-corrected chi connectivity index (χ1v) is 13.1. The molecule has 37 heavy (non-hydrogen) atoms. The third kappa shape index (κ3) is 4.63. The van der Waals surface area contributed by atoms with Gasteiger partial charge >= 0.3 is 0 Å². The fourth-order valence-electron chi connectivity index (χ4n) is 4.15. The normalized spacial score (nSPS) is 12.5. The molecule has 1 amide bonds. The van der Waals surface area contributed by atoms with E-state index in [0.29, 0.717) is 34.1 Å². The van der Waals surface area contributed by atoms with Crippen LogP contribution in [0.3, 0.4) is 0 Å². The third-order valence-corrected chi connectivity index (χ3v) is 7.87. The Morgan fingerprint density at radius 1 is 1.03 bits per heavy atom. The third-order valence-electron chi connectivity index (χ3n) is 6.22. The van der Waals surface area contributed by atoms with E-state index < -0.39 is 16.1 Å². The maximum Gasteiger partial charge on any atom is 0.267 e. The van der Waals surface area contributed by atoms with Crippen LogP contribution in [-0.4, -0.2) is 33.1 Å². The van der Waals surface area contributed by atoms with E-state index in [1.165, 1.54) is 30.7 Å². The number of rotatable bonds is 7. The summed E-state index contributed by atoms with van der Waals surface area (Å²) in [5, 5.41) is 7.94. The monoisotopic (exact) mass is 517 g/mol. The van der Waals surface area contributed by atoms with Crippen molar-refractivity contribution in [1.29, 1.82) is 0 Å². The lowest BCUT2D eigenvalue weighted by Crippen LogP contribution is -2.28. The molecular formula is C27H24FN5O3S. The molecule has 188 valence electrons. The Labute approximate surface area is 213 Å². The zero-order valence-corrected chi connectivity index (χ0v) is 21.0. The Morgan fingerprint density at radius 3 is 2.46 bits per heavy atom.